The Morgan fingerprint density at radius 1 is 1.75 bits per heavy atom. The van der Waals surface area contributed by atoms with Crippen LogP contribution in [0.15, 0.2) is 10.9 Å². The summed E-state index contributed by atoms with van der Waals surface area (Å²) < 4.78 is 5.06. The molecule has 0 unspecified atom stereocenters. The number of nitrogens with two attached hydrogens (primary N) is 1. The van der Waals surface area contributed by atoms with Crippen LogP contribution >= 0.6 is 0 Å². The normalized spacial score (nSPS) is 9.83. The molecule has 0 saturated heterocycles. The number of nitrogens with one attached hydrogen (secondary N) is 1. The summed E-state index contributed by atoms with van der Waals surface area (Å²) >= 11 is 0. The van der Waals surface area contributed by atoms with Gasteiger partial charge in [0.2, 0.25) is 5.88 Å². The van der Waals surface area contributed by atoms with Gasteiger partial charge in [0, 0.05) is 6.54 Å². The molecule has 1 heterocycles. The van der Waals surface area contributed by atoms with Gasteiger partial charge in [-0.25, -0.2) is 4.98 Å². The number of H-pyrrole nitrogens is 1. The van der Waals surface area contributed by atoms with E-state index in [0.717, 1.165) is 0 Å². The van der Waals surface area contributed by atoms with Gasteiger partial charge in [-0.15, -0.1) is 0 Å². The third kappa shape index (κ3) is 2.35. The van der Waals surface area contributed by atoms with Crippen molar-refractivity contribution in [1.82, 2.24) is 9.97 Å². The van der Waals surface area contributed by atoms with E-state index in [2.05, 4.69) is 9.97 Å². The molecule has 1 aromatic heterocycles. The smallest absolute Gasteiger partial charge is 0.254 e. The Balaban J connectivity index is 2.79. The van der Waals surface area contributed by atoms with Crippen LogP contribution in [-0.4, -0.2) is 23.1 Å². The summed E-state index contributed by atoms with van der Waals surface area (Å²) in [4.78, 5) is 17.3. The third-order valence-electron chi connectivity index (χ3n) is 1.20. The number of hydrogen-bond acceptors (Lipinski definition) is 4. The van der Waals surface area contributed by atoms with Crippen molar-refractivity contribution in [3.8, 4) is 5.88 Å². The average Bonchev–Trinajstić information content (AvgIpc) is 1.99. The molecule has 0 aliphatic rings. The first-order chi connectivity index (χ1) is 5.72. The molecule has 3 N–H and O–H groups in total. The molecule has 0 amide bonds. The average molecular weight is 169 g/mol. The van der Waals surface area contributed by atoms with Crippen molar-refractivity contribution in [3.63, 3.8) is 0 Å². The molecule has 0 fully saturated rings. The molecule has 5 nitrogen and oxygen atoms in total. The van der Waals surface area contributed by atoms with Gasteiger partial charge in [-0.2, -0.15) is 0 Å². The second-order valence-electron chi connectivity index (χ2n) is 2.31. The minimum Gasteiger partial charge on any atom is -0.476 e. The van der Waals surface area contributed by atoms with Crippen molar-refractivity contribution < 1.29 is 4.74 Å². The molecule has 1 rings (SSSR count). The van der Waals surface area contributed by atoms with Crippen molar-refractivity contribution in [2.45, 2.75) is 6.92 Å². The van der Waals surface area contributed by atoms with E-state index in [-0.39, 0.29) is 5.56 Å². The number of aryl methyl sites for hydroxylation is 1. The summed E-state index contributed by atoms with van der Waals surface area (Å²) in [6.45, 7) is 2.47. The lowest BCUT2D eigenvalue weighted by Crippen LogP contribution is -2.14. The Bertz CT molecular complexity index is 308. The SMILES string of the molecule is Cc1nc(OCCN)cc(=O)[nH]1. The first kappa shape index (κ1) is 8.73. The Hall–Kier alpha value is -1.36. The van der Waals surface area contributed by atoms with E-state index in [0.29, 0.717) is 24.9 Å². The molecule has 12 heavy (non-hydrogen) atoms. The lowest BCUT2D eigenvalue weighted by atomic mass is 10.5. The fourth-order valence-electron chi connectivity index (χ4n) is 0.789. The second kappa shape index (κ2) is 3.87. The van der Waals surface area contributed by atoms with E-state index in [1.54, 1.807) is 6.92 Å². The highest BCUT2D eigenvalue weighted by atomic mass is 16.5. The fraction of sp³-hybridized carbons (Fsp3) is 0.429. The van der Waals surface area contributed by atoms with Gasteiger partial charge in [0.05, 0.1) is 6.07 Å². The molecule has 0 aliphatic heterocycles. The highest BCUT2D eigenvalue weighted by molar-refractivity contribution is 5.07. The molecule has 5 heteroatoms. The Morgan fingerprint density at radius 3 is 3.08 bits per heavy atom. The number of rotatable bonds is 3. The zero-order valence-electron chi connectivity index (χ0n) is 6.83. The van der Waals surface area contributed by atoms with Crippen molar-refractivity contribution in [2.75, 3.05) is 13.2 Å². The van der Waals surface area contributed by atoms with Crippen molar-refractivity contribution >= 4 is 0 Å². The molecule has 0 saturated carbocycles. The van der Waals surface area contributed by atoms with Crippen LogP contribution < -0.4 is 16.0 Å². The first-order valence-corrected chi connectivity index (χ1v) is 3.63. The largest absolute Gasteiger partial charge is 0.476 e. The fourth-order valence-corrected chi connectivity index (χ4v) is 0.789. The zero-order chi connectivity index (χ0) is 8.97. The molecule has 0 bridgehead atoms. The predicted octanol–water partition coefficient (Wildman–Crippen LogP) is -0.584. The maximum Gasteiger partial charge on any atom is 0.254 e. The summed E-state index contributed by atoms with van der Waals surface area (Å²) in [7, 11) is 0. The number of aromatic amines is 1. The lowest BCUT2D eigenvalue weighted by Gasteiger charge is -2.02. The molecule has 0 aromatic carbocycles. The van der Waals surface area contributed by atoms with Crippen molar-refractivity contribution in [3.05, 3.63) is 22.2 Å². The minimum absolute atomic E-state index is 0.213. The summed E-state index contributed by atoms with van der Waals surface area (Å²) in [5, 5.41) is 0. The van der Waals surface area contributed by atoms with Crippen LogP contribution in [0.1, 0.15) is 5.82 Å². The Labute approximate surface area is 69.6 Å². The van der Waals surface area contributed by atoms with Crippen molar-refractivity contribution in [2.24, 2.45) is 5.73 Å². The molecular weight excluding hydrogens is 158 g/mol. The first-order valence-electron chi connectivity index (χ1n) is 3.63. The van der Waals surface area contributed by atoms with Crippen molar-refractivity contribution in [1.29, 1.82) is 0 Å². The highest BCUT2D eigenvalue weighted by Crippen LogP contribution is 1.99. The number of nitrogens with zero attached hydrogens (tertiary/aromatic N) is 1. The van der Waals surface area contributed by atoms with Gasteiger partial charge < -0.3 is 15.5 Å². The van der Waals surface area contributed by atoms with Crippen LogP contribution in [0.4, 0.5) is 0 Å². The van der Waals surface area contributed by atoms with Crippen LogP contribution in [0.5, 0.6) is 5.88 Å². The molecule has 0 radical (unpaired) electrons. The predicted molar refractivity (Wildman–Crippen MR) is 44.1 cm³/mol. The molecule has 66 valence electrons. The topological polar surface area (TPSA) is 81.0 Å². The second-order valence-corrected chi connectivity index (χ2v) is 2.31. The summed E-state index contributed by atoms with van der Waals surface area (Å²) in [6, 6.07) is 1.29. The number of ether oxygens (including phenoxy) is 1. The Morgan fingerprint density at radius 2 is 2.50 bits per heavy atom. The highest BCUT2D eigenvalue weighted by Gasteiger charge is 1.96. The van der Waals surface area contributed by atoms with Gasteiger partial charge in [0.15, 0.2) is 0 Å². The summed E-state index contributed by atoms with van der Waals surface area (Å²) in [5.41, 5.74) is 5.00. The zero-order valence-corrected chi connectivity index (χ0v) is 6.83. The lowest BCUT2D eigenvalue weighted by molar-refractivity contribution is 0.313. The summed E-state index contributed by atoms with van der Waals surface area (Å²) in [6.07, 6.45) is 0. The van der Waals surface area contributed by atoms with Crippen LogP contribution in [0.25, 0.3) is 0 Å². The van der Waals surface area contributed by atoms with E-state index < -0.39 is 0 Å². The maximum absolute atomic E-state index is 10.9. The molecule has 0 spiro atoms. The van der Waals surface area contributed by atoms with Crippen LogP contribution in [0.3, 0.4) is 0 Å². The quantitative estimate of drug-likeness (QED) is 0.634. The van der Waals surface area contributed by atoms with Gasteiger partial charge in [-0.3, -0.25) is 4.79 Å². The van der Waals surface area contributed by atoms with Crippen LogP contribution in [-0.2, 0) is 0 Å². The van der Waals surface area contributed by atoms with E-state index in [4.69, 9.17) is 10.5 Å². The molecule has 0 aliphatic carbocycles. The van der Waals surface area contributed by atoms with E-state index in [9.17, 15) is 4.79 Å². The van der Waals surface area contributed by atoms with Crippen LogP contribution in [0.2, 0.25) is 0 Å². The van der Waals surface area contributed by atoms with Gasteiger partial charge in [-0.1, -0.05) is 0 Å². The number of hydrogen-bond donors (Lipinski definition) is 2. The van der Waals surface area contributed by atoms with E-state index in [1.165, 1.54) is 6.07 Å². The van der Waals surface area contributed by atoms with Crippen LogP contribution in [0, 0.1) is 6.92 Å². The van der Waals surface area contributed by atoms with Gasteiger partial charge in [-0.05, 0) is 6.92 Å². The van der Waals surface area contributed by atoms with Gasteiger partial charge in [0.1, 0.15) is 12.4 Å². The minimum atomic E-state index is -0.213. The molecule has 0 atom stereocenters. The summed E-state index contributed by atoms with van der Waals surface area (Å²) in [5.74, 6) is 0.858. The maximum atomic E-state index is 10.9. The van der Waals surface area contributed by atoms with E-state index in [1.807, 2.05) is 0 Å². The number of aromatic nitrogens is 2. The third-order valence-corrected chi connectivity index (χ3v) is 1.20. The molecular formula is C7H11N3O2. The standard InChI is InChI=1S/C7H11N3O2/c1-5-9-6(11)4-7(10-5)12-3-2-8/h4H,2-3,8H2,1H3,(H,9,10,11). The molecule has 1 aromatic rings. The van der Waals surface area contributed by atoms with Gasteiger partial charge in [0.25, 0.3) is 5.56 Å². The monoisotopic (exact) mass is 169 g/mol. The van der Waals surface area contributed by atoms with E-state index >= 15 is 0 Å². The Kier molecular flexibility index (Phi) is 2.82. The van der Waals surface area contributed by atoms with Gasteiger partial charge >= 0.3 is 0 Å².